The Kier molecular flexibility index (Phi) is 4.55. The van der Waals surface area contributed by atoms with Crippen LogP contribution < -0.4 is 0 Å². The average Bonchev–Trinajstić information content (AvgIpc) is 2.31. The van der Waals surface area contributed by atoms with Gasteiger partial charge in [-0.2, -0.15) is 0 Å². The zero-order valence-electron chi connectivity index (χ0n) is 10.6. The van der Waals surface area contributed by atoms with Crippen LogP contribution in [0.1, 0.15) is 32.6 Å². The molecule has 2 heterocycles. The summed E-state index contributed by atoms with van der Waals surface area (Å²) in [6.45, 7) is 1.90. The zero-order valence-corrected chi connectivity index (χ0v) is 10.6. The Morgan fingerprint density at radius 3 is 3.00 bits per heavy atom. The first-order chi connectivity index (χ1) is 8.65. The van der Waals surface area contributed by atoms with Gasteiger partial charge in [0.15, 0.2) is 0 Å². The fourth-order valence-electron chi connectivity index (χ4n) is 2.20. The minimum absolute atomic E-state index is 0.0719. The molecule has 0 aromatic rings. The van der Waals surface area contributed by atoms with Gasteiger partial charge in [-0.1, -0.05) is 24.3 Å². The predicted octanol–water partition coefficient (Wildman–Crippen LogP) is 1.73. The molecule has 0 aromatic carbocycles. The molecule has 4 heteroatoms. The van der Waals surface area contributed by atoms with Crippen molar-refractivity contribution in [2.24, 2.45) is 0 Å². The highest BCUT2D eigenvalue weighted by atomic mass is 16.5. The normalized spacial score (nSPS) is 39.3. The number of aliphatic hydroxyl groups is 1. The molecule has 4 atom stereocenters. The summed E-state index contributed by atoms with van der Waals surface area (Å²) in [4.78, 5) is 11.7. The second kappa shape index (κ2) is 6.16. The molecule has 0 fully saturated rings. The molecule has 0 aliphatic carbocycles. The molecular weight excluding hydrogens is 232 g/mol. The molecule has 18 heavy (non-hydrogen) atoms. The summed E-state index contributed by atoms with van der Waals surface area (Å²) in [5.41, 5.74) is 0. The van der Waals surface area contributed by atoms with Crippen LogP contribution in [0.4, 0.5) is 0 Å². The summed E-state index contributed by atoms with van der Waals surface area (Å²) in [6.07, 6.45) is 9.00. The van der Waals surface area contributed by atoms with E-state index < -0.39 is 12.2 Å². The highest BCUT2D eigenvalue weighted by Gasteiger charge is 2.28. The fraction of sp³-hybridized carbons (Fsp3) is 0.643. The first-order valence-corrected chi connectivity index (χ1v) is 6.53. The second-order valence-corrected chi connectivity index (χ2v) is 4.88. The molecule has 0 radical (unpaired) electrons. The maximum absolute atomic E-state index is 11.7. The van der Waals surface area contributed by atoms with Gasteiger partial charge in [-0.05, 0) is 26.2 Å². The minimum atomic E-state index is -0.736. The number of aliphatic hydroxyl groups excluding tert-OH is 1. The molecule has 0 amide bonds. The Bertz CT molecular complexity index is 348. The van der Waals surface area contributed by atoms with E-state index in [1.54, 1.807) is 6.08 Å². The van der Waals surface area contributed by atoms with Gasteiger partial charge in [-0.15, -0.1) is 0 Å². The summed E-state index contributed by atoms with van der Waals surface area (Å²) in [5.74, 6) is -0.301. The summed E-state index contributed by atoms with van der Waals surface area (Å²) in [5, 5.41) is 9.77. The molecule has 2 aliphatic rings. The minimum Gasteiger partial charge on any atom is -0.463 e. The van der Waals surface area contributed by atoms with E-state index in [1.165, 1.54) is 0 Å². The average molecular weight is 252 g/mol. The van der Waals surface area contributed by atoms with Crippen molar-refractivity contribution in [2.75, 3.05) is 0 Å². The number of fused-ring (bicyclic) bond motifs is 2. The first kappa shape index (κ1) is 13.3. The van der Waals surface area contributed by atoms with E-state index in [0.717, 1.165) is 19.3 Å². The topological polar surface area (TPSA) is 55.8 Å². The van der Waals surface area contributed by atoms with Gasteiger partial charge in [0.25, 0.3) is 0 Å². The first-order valence-electron chi connectivity index (χ1n) is 6.53. The van der Waals surface area contributed by atoms with E-state index in [9.17, 15) is 9.90 Å². The van der Waals surface area contributed by atoms with Gasteiger partial charge in [-0.25, -0.2) is 0 Å². The molecule has 0 unspecified atom stereocenters. The monoisotopic (exact) mass is 252 g/mol. The molecule has 4 nitrogen and oxygen atoms in total. The Labute approximate surface area is 107 Å². The molecule has 2 aliphatic heterocycles. The maximum atomic E-state index is 11.7. The van der Waals surface area contributed by atoms with Gasteiger partial charge in [0, 0.05) is 0 Å². The number of cyclic esters (lactones) is 1. The number of allylic oxidation sites excluding steroid dienone is 1. The van der Waals surface area contributed by atoms with E-state index in [0.29, 0.717) is 0 Å². The Hall–Kier alpha value is -1.13. The van der Waals surface area contributed by atoms with Crippen molar-refractivity contribution in [2.45, 2.75) is 57.0 Å². The highest BCUT2D eigenvalue weighted by Crippen LogP contribution is 2.19. The van der Waals surface area contributed by atoms with Crippen LogP contribution in [-0.4, -0.2) is 35.5 Å². The van der Waals surface area contributed by atoms with Crippen molar-refractivity contribution < 1.29 is 19.4 Å². The lowest BCUT2D eigenvalue weighted by atomic mass is 10.0. The molecule has 2 rings (SSSR count). The molecule has 0 aromatic heterocycles. The lowest BCUT2D eigenvalue weighted by molar-refractivity contribution is -0.154. The summed E-state index contributed by atoms with van der Waals surface area (Å²) in [6, 6.07) is 0. The standard InChI is InChI=1S/C14H20O4/c1-10-5-3-2-4-6-11-7-8-12(15)13(18-11)9-14(16)17-10/h4,6-8,10-13,15H,2-3,5,9H2,1H3/b6-4-/t10-,11-,12-,13+/m0/s1. The van der Waals surface area contributed by atoms with Crippen LogP contribution in [0.2, 0.25) is 0 Å². The Morgan fingerprint density at radius 2 is 2.17 bits per heavy atom. The summed E-state index contributed by atoms with van der Waals surface area (Å²) < 4.78 is 10.9. The van der Waals surface area contributed by atoms with Gasteiger partial charge in [0.05, 0.1) is 30.8 Å². The number of hydrogen-bond donors (Lipinski definition) is 1. The zero-order chi connectivity index (χ0) is 13.0. The van der Waals surface area contributed by atoms with Crippen molar-refractivity contribution in [1.82, 2.24) is 0 Å². The predicted molar refractivity (Wildman–Crippen MR) is 67.0 cm³/mol. The van der Waals surface area contributed by atoms with Gasteiger partial charge >= 0.3 is 5.97 Å². The number of hydrogen-bond acceptors (Lipinski definition) is 4. The molecule has 0 saturated heterocycles. The van der Waals surface area contributed by atoms with Crippen molar-refractivity contribution in [1.29, 1.82) is 0 Å². The smallest absolute Gasteiger partial charge is 0.308 e. The summed E-state index contributed by atoms with van der Waals surface area (Å²) >= 11 is 0. The molecule has 100 valence electrons. The van der Waals surface area contributed by atoms with E-state index in [2.05, 4.69) is 6.08 Å². The number of rotatable bonds is 0. The highest BCUT2D eigenvalue weighted by molar-refractivity contribution is 5.70. The fourth-order valence-corrected chi connectivity index (χ4v) is 2.20. The SMILES string of the molecule is C[C@H]1CCC/C=C\[C@H]2C=C[C@H](O)[C@@H](CC(=O)O1)O2. The van der Waals surface area contributed by atoms with Crippen LogP contribution in [0.15, 0.2) is 24.3 Å². The van der Waals surface area contributed by atoms with Crippen LogP contribution >= 0.6 is 0 Å². The van der Waals surface area contributed by atoms with Gasteiger partial charge < -0.3 is 14.6 Å². The van der Waals surface area contributed by atoms with Crippen molar-refractivity contribution in [3.05, 3.63) is 24.3 Å². The molecule has 2 bridgehead atoms. The largest absolute Gasteiger partial charge is 0.463 e. The number of carbonyl (C=O) groups excluding carboxylic acids is 1. The van der Waals surface area contributed by atoms with E-state index in [4.69, 9.17) is 9.47 Å². The van der Waals surface area contributed by atoms with E-state index in [1.807, 2.05) is 19.1 Å². The quantitative estimate of drug-likeness (QED) is 0.527. The van der Waals surface area contributed by atoms with Crippen molar-refractivity contribution in [3.63, 3.8) is 0 Å². The van der Waals surface area contributed by atoms with Crippen molar-refractivity contribution >= 4 is 5.97 Å². The third kappa shape index (κ3) is 3.68. The molecule has 0 spiro atoms. The van der Waals surface area contributed by atoms with Gasteiger partial charge in [0.1, 0.15) is 0 Å². The summed E-state index contributed by atoms with van der Waals surface area (Å²) in [7, 11) is 0. The van der Waals surface area contributed by atoms with Crippen LogP contribution in [0.5, 0.6) is 0 Å². The van der Waals surface area contributed by atoms with E-state index >= 15 is 0 Å². The van der Waals surface area contributed by atoms with Gasteiger partial charge in [0.2, 0.25) is 0 Å². The van der Waals surface area contributed by atoms with Gasteiger partial charge in [-0.3, -0.25) is 4.79 Å². The van der Waals surface area contributed by atoms with E-state index in [-0.39, 0.29) is 24.6 Å². The van der Waals surface area contributed by atoms with Crippen LogP contribution in [0, 0.1) is 0 Å². The Morgan fingerprint density at radius 1 is 1.33 bits per heavy atom. The molecule has 1 N–H and O–H groups in total. The lowest BCUT2D eigenvalue weighted by Crippen LogP contribution is -2.37. The Balaban J connectivity index is 2.08. The molecular formula is C14H20O4. The van der Waals surface area contributed by atoms with Crippen LogP contribution in [-0.2, 0) is 14.3 Å². The number of carbonyl (C=O) groups is 1. The number of esters is 1. The maximum Gasteiger partial charge on any atom is 0.308 e. The van der Waals surface area contributed by atoms with Crippen molar-refractivity contribution in [3.8, 4) is 0 Å². The van der Waals surface area contributed by atoms with Crippen LogP contribution in [0.3, 0.4) is 0 Å². The van der Waals surface area contributed by atoms with Crippen LogP contribution in [0.25, 0.3) is 0 Å². The number of ether oxygens (including phenoxy) is 2. The third-order valence-corrected chi connectivity index (χ3v) is 3.22. The molecule has 0 saturated carbocycles. The third-order valence-electron chi connectivity index (χ3n) is 3.22. The lowest BCUT2D eigenvalue weighted by Gasteiger charge is -2.28. The second-order valence-electron chi connectivity index (χ2n) is 4.88.